The van der Waals surface area contributed by atoms with Crippen LogP contribution in [0.3, 0.4) is 0 Å². The quantitative estimate of drug-likeness (QED) is 0.286. The number of nitrogens with zero attached hydrogens (tertiary/aromatic N) is 2. The summed E-state index contributed by atoms with van der Waals surface area (Å²) in [6, 6.07) is 3.67. The molecule has 0 amide bonds. The molecule has 1 aromatic carbocycles. The van der Waals surface area contributed by atoms with Crippen LogP contribution in [0.25, 0.3) is 0 Å². The molecule has 0 heterocycles. The topological polar surface area (TPSA) is 113 Å². The molecule has 66 valence electrons. The number of aromatic hydroxyl groups is 1. The number of phenols is 1. The van der Waals surface area contributed by atoms with Gasteiger partial charge in [-0.3, -0.25) is 10.1 Å². The lowest BCUT2D eigenvalue weighted by Crippen LogP contribution is -1.97. The first-order valence-electron chi connectivity index (χ1n) is 3.24. The molecular formula is C7H5N3O3. The Hall–Kier alpha value is -2.29. The van der Waals surface area contributed by atoms with Crippen LogP contribution >= 0.6 is 0 Å². The number of nitrogen functional groups attached to an aromatic ring is 1. The Kier molecular flexibility index (Phi) is 2.02. The number of nitro groups is 1. The molecular weight excluding hydrogens is 174 g/mol. The summed E-state index contributed by atoms with van der Waals surface area (Å²) in [6.07, 6.45) is 0. The van der Waals surface area contributed by atoms with Gasteiger partial charge >= 0.3 is 0 Å². The molecule has 0 spiro atoms. The first-order chi connectivity index (χ1) is 6.07. The van der Waals surface area contributed by atoms with Crippen LogP contribution in [0, 0.1) is 21.4 Å². The largest absolute Gasteiger partial charge is 0.506 e. The van der Waals surface area contributed by atoms with Crippen LogP contribution in [0.1, 0.15) is 5.56 Å². The second-order valence-electron chi connectivity index (χ2n) is 2.26. The van der Waals surface area contributed by atoms with E-state index in [9.17, 15) is 10.1 Å². The Bertz CT molecular complexity index is 408. The van der Waals surface area contributed by atoms with Gasteiger partial charge in [0.15, 0.2) is 5.56 Å². The molecule has 0 saturated carbocycles. The standard InChI is InChI=1S/C7H5N3O3/c8-3-4-5(10(12)13)1-2-6(11)7(4)9/h1-2,11H,9H2. The van der Waals surface area contributed by atoms with Crippen LogP contribution in [0.4, 0.5) is 11.4 Å². The number of phenolic OH excluding ortho intramolecular Hbond substituents is 1. The Balaban J connectivity index is 3.50. The Morgan fingerprint density at radius 2 is 2.23 bits per heavy atom. The van der Waals surface area contributed by atoms with Crippen LogP contribution in [0.15, 0.2) is 12.1 Å². The molecule has 0 fully saturated rings. The van der Waals surface area contributed by atoms with Gasteiger partial charge in [0.1, 0.15) is 11.8 Å². The molecule has 0 aliphatic rings. The average Bonchev–Trinajstić information content (AvgIpc) is 2.09. The van der Waals surface area contributed by atoms with Crippen molar-refractivity contribution in [1.82, 2.24) is 0 Å². The molecule has 0 bridgehead atoms. The summed E-state index contributed by atoms with van der Waals surface area (Å²) in [5.41, 5.74) is 4.27. The highest BCUT2D eigenvalue weighted by atomic mass is 16.6. The van der Waals surface area contributed by atoms with Crippen LogP contribution in [0.2, 0.25) is 0 Å². The van der Waals surface area contributed by atoms with Crippen molar-refractivity contribution >= 4 is 11.4 Å². The number of rotatable bonds is 1. The van der Waals surface area contributed by atoms with E-state index in [2.05, 4.69) is 0 Å². The van der Waals surface area contributed by atoms with Crippen molar-refractivity contribution < 1.29 is 10.0 Å². The number of benzene rings is 1. The highest BCUT2D eigenvalue weighted by Crippen LogP contribution is 2.30. The fraction of sp³-hybridized carbons (Fsp3) is 0. The van der Waals surface area contributed by atoms with E-state index in [4.69, 9.17) is 16.1 Å². The van der Waals surface area contributed by atoms with Gasteiger partial charge in [0.05, 0.1) is 10.6 Å². The Morgan fingerprint density at radius 3 is 2.69 bits per heavy atom. The fourth-order valence-electron chi connectivity index (χ4n) is 0.867. The van der Waals surface area contributed by atoms with Gasteiger partial charge < -0.3 is 10.8 Å². The monoisotopic (exact) mass is 179 g/mol. The molecule has 0 aliphatic carbocycles. The maximum atomic E-state index is 10.4. The molecule has 0 radical (unpaired) electrons. The van der Waals surface area contributed by atoms with E-state index in [1.54, 1.807) is 6.07 Å². The minimum atomic E-state index is -0.728. The summed E-state index contributed by atoms with van der Waals surface area (Å²) in [6.45, 7) is 0. The third-order valence-electron chi connectivity index (χ3n) is 1.51. The van der Waals surface area contributed by atoms with Crippen LogP contribution in [0.5, 0.6) is 5.75 Å². The molecule has 6 nitrogen and oxygen atoms in total. The number of nitro benzene ring substituents is 1. The smallest absolute Gasteiger partial charge is 0.289 e. The van der Waals surface area contributed by atoms with Crippen LogP contribution in [-0.2, 0) is 0 Å². The summed E-state index contributed by atoms with van der Waals surface area (Å²) >= 11 is 0. The molecule has 6 heteroatoms. The molecule has 13 heavy (non-hydrogen) atoms. The van der Waals surface area contributed by atoms with Crippen molar-refractivity contribution in [2.45, 2.75) is 0 Å². The highest BCUT2D eigenvalue weighted by molar-refractivity contribution is 5.70. The summed E-state index contributed by atoms with van der Waals surface area (Å²) in [5, 5.41) is 27.9. The molecule has 0 atom stereocenters. The zero-order valence-electron chi connectivity index (χ0n) is 6.39. The first kappa shape index (κ1) is 8.80. The van der Waals surface area contributed by atoms with Gasteiger partial charge in [-0.05, 0) is 6.07 Å². The van der Waals surface area contributed by atoms with Crippen molar-refractivity contribution in [3.8, 4) is 11.8 Å². The fourth-order valence-corrected chi connectivity index (χ4v) is 0.867. The van der Waals surface area contributed by atoms with Crippen LogP contribution in [-0.4, -0.2) is 10.0 Å². The number of anilines is 1. The van der Waals surface area contributed by atoms with Gasteiger partial charge in [-0.1, -0.05) is 0 Å². The minimum Gasteiger partial charge on any atom is -0.506 e. The maximum absolute atomic E-state index is 10.4. The van der Waals surface area contributed by atoms with Gasteiger partial charge in [-0.25, -0.2) is 0 Å². The zero-order valence-corrected chi connectivity index (χ0v) is 6.39. The maximum Gasteiger partial charge on any atom is 0.289 e. The van der Waals surface area contributed by atoms with Crippen molar-refractivity contribution in [2.24, 2.45) is 0 Å². The molecule has 3 N–H and O–H groups in total. The lowest BCUT2D eigenvalue weighted by molar-refractivity contribution is -0.385. The van der Waals surface area contributed by atoms with Gasteiger partial charge in [-0.15, -0.1) is 0 Å². The van der Waals surface area contributed by atoms with Gasteiger partial charge in [0.2, 0.25) is 0 Å². The van der Waals surface area contributed by atoms with E-state index in [0.717, 1.165) is 12.1 Å². The molecule has 0 aromatic heterocycles. The van der Waals surface area contributed by atoms with E-state index < -0.39 is 10.6 Å². The SMILES string of the molecule is N#Cc1c([N+](=O)[O-])ccc(O)c1N. The average molecular weight is 179 g/mol. The molecule has 0 aliphatic heterocycles. The molecule has 1 rings (SSSR count). The molecule has 0 saturated heterocycles. The normalized spacial score (nSPS) is 9.15. The van der Waals surface area contributed by atoms with Gasteiger partial charge in [-0.2, -0.15) is 5.26 Å². The summed E-state index contributed by atoms with van der Waals surface area (Å²) in [5.74, 6) is -0.331. The summed E-state index contributed by atoms with van der Waals surface area (Å²) in [7, 11) is 0. The lowest BCUT2D eigenvalue weighted by Gasteiger charge is -2.00. The van der Waals surface area contributed by atoms with E-state index in [1.807, 2.05) is 0 Å². The van der Waals surface area contributed by atoms with E-state index in [1.165, 1.54) is 0 Å². The Morgan fingerprint density at radius 1 is 1.62 bits per heavy atom. The summed E-state index contributed by atoms with van der Waals surface area (Å²) in [4.78, 5) is 9.63. The second-order valence-corrected chi connectivity index (χ2v) is 2.26. The highest BCUT2D eigenvalue weighted by Gasteiger charge is 2.18. The zero-order chi connectivity index (χ0) is 10.0. The number of nitrogens with two attached hydrogens (primary N) is 1. The Labute approximate surface area is 73.0 Å². The van der Waals surface area contributed by atoms with E-state index in [-0.39, 0.29) is 17.0 Å². The van der Waals surface area contributed by atoms with Gasteiger partial charge in [0, 0.05) is 6.07 Å². The predicted octanol–water partition coefficient (Wildman–Crippen LogP) is 0.754. The molecule has 0 unspecified atom stereocenters. The van der Waals surface area contributed by atoms with Crippen molar-refractivity contribution in [1.29, 1.82) is 5.26 Å². The predicted molar refractivity (Wildman–Crippen MR) is 43.9 cm³/mol. The van der Waals surface area contributed by atoms with Crippen molar-refractivity contribution in [3.63, 3.8) is 0 Å². The van der Waals surface area contributed by atoms with Gasteiger partial charge in [0.25, 0.3) is 5.69 Å². The van der Waals surface area contributed by atoms with E-state index >= 15 is 0 Å². The first-order valence-corrected chi connectivity index (χ1v) is 3.24. The number of hydrogen-bond acceptors (Lipinski definition) is 5. The third kappa shape index (κ3) is 1.35. The minimum absolute atomic E-state index is 0.267. The van der Waals surface area contributed by atoms with Crippen molar-refractivity contribution in [3.05, 3.63) is 27.8 Å². The second kappa shape index (κ2) is 2.98. The number of nitriles is 1. The van der Waals surface area contributed by atoms with Crippen molar-refractivity contribution in [2.75, 3.05) is 5.73 Å². The number of hydrogen-bond donors (Lipinski definition) is 2. The van der Waals surface area contributed by atoms with E-state index in [0.29, 0.717) is 0 Å². The van der Waals surface area contributed by atoms with Crippen LogP contribution < -0.4 is 5.73 Å². The summed E-state index contributed by atoms with van der Waals surface area (Å²) < 4.78 is 0. The third-order valence-corrected chi connectivity index (χ3v) is 1.51. The lowest BCUT2D eigenvalue weighted by atomic mass is 10.1. The molecule has 1 aromatic rings.